The summed E-state index contributed by atoms with van der Waals surface area (Å²) in [6.45, 7) is 6.11. The number of likely N-dealkylation sites (N-methyl/N-ethyl adjacent to an activating group) is 1. The first-order valence-corrected chi connectivity index (χ1v) is 13.4. The minimum atomic E-state index is -1.13. The average Bonchev–Trinajstić information content (AvgIpc) is 3.34. The second kappa shape index (κ2) is 10.5. The van der Waals surface area contributed by atoms with E-state index < -0.39 is 17.4 Å². The van der Waals surface area contributed by atoms with E-state index in [0.29, 0.717) is 31.4 Å². The summed E-state index contributed by atoms with van der Waals surface area (Å²) in [4.78, 5) is 36.2. The molecule has 2 aliphatic rings. The average molecular weight is 539 g/mol. The molecule has 2 aliphatic heterocycles. The number of rotatable bonds is 10. The number of amides is 3. The molecule has 3 N–H and O–H groups in total. The number of carbonyl (C=O) groups excluding carboxylic acids is 2. The predicted molar refractivity (Wildman–Crippen MR) is 144 cm³/mol. The Balaban J connectivity index is 1.54. The van der Waals surface area contributed by atoms with Crippen molar-refractivity contribution in [2.75, 3.05) is 39.9 Å². The Morgan fingerprint density at radius 1 is 1.23 bits per heavy atom. The maximum atomic E-state index is 14.6. The molecule has 10 heteroatoms. The number of aliphatic hydroxyl groups excluding tert-OH is 1. The quantitative estimate of drug-likeness (QED) is 0.341. The van der Waals surface area contributed by atoms with Crippen LogP contribution in [0.5, 0.6) is 11.5 Å². The standard InChI is InChI=1S/C29H35FN4O5/c1-4-32(11-12-35)9-6-10-33-27(37)29(2)17-21-20-15-25(39-3)22(30)16-23(20)31-26(21)24(34(29)28(33)38)14-18-7-5-8-19(36)13-18/h5,7-8,13,15-16,24,31,35-36H,4,6,9-12,14,17H2,1-3H3/t24?,29-/m0/s1. The third kappa shape index (κ3) is 4.61. The third-order valence-corrected chi connectivity index (χ3v) is 8.11. The van der Waals surface area contributed by atoms with E-state index in [1.807, 2.05) is 13.0 Å². The largest absolute Gasteiger partial charge is 0.508 e. The molecule has 39 heavy (non-hydrogen) atoms. The zero-order chi connectivity index (χ0) is 27.9. The number of imide groups is 1. The smallest absolute Gasteiger partial charge is 0.328 e. The van der Waals surface area contributed by atoms with E-state index in [0.717, 1.165) is 28.8 Å². The van der Waals surface area contributed by atoms with E-state index in [1.54, 1.807) is 36.1 Å². The Labute approximate surface area is 226 Å². The van der Waals surface area contributed by atoms with Crippen LogP contribution < -0.4 is 4.74 Å². The van der Waals surface area contributed by atoms with Crippen LogP contribution in [-0.4, -0.2) is 87.3 Å². The van der Waals surface area contributed by atoms with E-state index in [9.17, 15) is 24.2 Å². The summed E-state index contributed by atoms with van der Waals surface area (Å²) >= 11 is 0. The zero-order valence-corrected chi connectivity index (χ0v) is 22.5. The summed E-state index contributed by atoms with van der Waals surface area (Å²) < 4.78 is 19.8. The van der Waals surface area contributed by atoms with Gasteiger partial charge in [0.15, 0.2) is 11.6 Å². The van der Waals surface area contributed by atoms with Gasteiger partial charge in [-0.3, -0.25) is 9.69 Å². The van der Waals surface area contributed by atoms with Crippen molar-refractivity contribution >= 4 is 22.8 Å². The fourth-order valence-electron chi connectivity index (χ4n) is 6.16. The van der Waals surface area contributed by atoms with Gasteiger partial charge in [0, 0.05) is 42.2 Å². The second-order valence-corrected chi connectivity index (χ2v) is 10.5. The predicted octanol–water partition coefficient (Wildman–Crippen LogP) is 3.59. The molecule has 3 heterocycles. The number of aromatic hydroxyl groups is 1. The number of fused-ring (bicyclic) bond motifs is 4. The number of phenols is 1. The highest BCUT2D eigenvalue weighted by Crippen LogP contribution is 2.48. The highest BCUT2D eigenvalue weighted by atomic mass is 19.1. The molecule has 208 valence electrons. The SMILES string of the molecule is CCN(CCO)CCCN1C(=O)N2C(Cc3cccc(O)c3)c3[nH]c4cc(F)c(OC)cc4c3C[C@@]2(C)C1=O. The molecule has 0 bridgehead atoms. The molecule has 2 atom stereocenters. The zero-order valence-electron chi connectivity index (χ0n) is 22.5. The van der Waals surface area contributed by atoms with Crippen molar-refractivity contribution in [3.63, 3.8) is 0 Å². The van der Waals surface area contributed by atoms with Gasteiger partial charge in [0.25, 0.3) is 5.91 Å². The number of halogens is 1. The van der Waals surface area contributed by atoms with Gasteiger partial charge >= 0.3 is 6.03 Å². The van der Waals surface area contributed by atoms with E-state index in [2.05, 4.69) is 9.88 Å². The van der Waals surface area contributed by atoms with Gasteiger partial charge in [-0.05, 0) is 62.2 Å². The number of aliphatic hydroxyl groups is 1. The lowest BCUT2D eigenvalue weighted by atomic mass is 9.81. The van der Waals surface area contributed by atoms with Crippen LogP contribution in [0.1, 0.15) is 43.1 Å². The normalized spacial score (nSPS) is 20.7. The molecule has 1 fully saturated rings. The lowest BCUT2D eigenvalue weighted by molar-refractivity contribution is -0.133. The number of nitrogens with one attached hydrogen (secondary N) is 1. The fraction of sp³-hybridized carbons (Fsp3) is 0.448. The van der Waals surface area contributed by atoms with Crippen LogP contribution in [0.2, 0.25) is 0 Å². The summed E-state index contributed by atoms with van der Waals surface area (Å²) in [6.07, 6.45) is 1.23. The summed E-state index contributed by atoms with van der Waals surface area (Å²) in [5.74, 6) is -0.531. The number of phenolic OH excluding ortho intramolecular Hbond substituents is 1. The molecule has 1 unspecified atom stereocenters. The van der Waals surface area contributed by atoms with E-state index in [-0.39, 0.29) is 43.0 Å². The fourth-order valence-corrected chi connectivity index (χ4v) is 6.16. The molecule has 0 aliphatic carbocycles. The second-order valence-electron chi connectivity index (χ2n) is 10.5. The molecular weight excluding hydrogens is 503 g/mol. The number of methoxy groups -OCH3 is 1. The molecule has 0 spiro atoms. The molecule has 1 aromatic heterocycles. The summed E-state index contributed by atoms with van der Waals surface area (Å²) in [5, 5.41) is 20.1. The van der Waals surface area contributed by atoms with Crippen LogP contribution in [0.4, 0.5) is 9.18 Å². The minimum absolute atomic E-state index is 0.0539. The van der Waals surface area contributed by atoms with E-state index in [4.69, 9.17) is 4.74 Å². The van der Waals surface area contributed by atoms with Gasteiger partial charge in [0.2, 0.25) is 0 Å². The lowest BCUT2D eigenvalue weighted by Crippen LogP contribution is -2.53. The van der Waals surface area contributed by atoms with Gasteiger partial charge in [-0.15, -0.1) is 0 Å². The van der Waals surface area contributed by atoms with Crippen molar-refractivity contribution in [1.29, 1.82) is 0 Å². The summed E-state index contributed by atoms with van der Waals surface area (Å²) in [7, 11) is 1.41. The highest BCUT2D eigenvalue weighted by Gasteiger charge is 2.59. The number of urea groups is 1. The van der Waals surface area contributed by atoms with Crippen LogP contribution >= 0.6 is 0 Å². The van der Waals surface area contributed by atoms with Crippen LogP contribution in [0.3, 0.4) is 0 Å². The van der Waals surface area contributed by atoms with Gasteiger partial charge in [-0.25, -0.2) is 9.18 Å². The number of nitrogens with zero attached hydrogens (tertiary/aromatic N) is 3. The molecule has 2 aromatic carbocycles. The van der Waals surface area contributed by atoms with E-state index >= 15 is 0 Å². The number of benzene rings is 2. The van der Waals surface area contributed by atoms with Gasteiger partial charge < -0.3 is 29.7 Å². The van der Waals surface area contributed by atoms with Crippen LogP contribution in [-0.2, 0) is 17.6 Å². The van der Waals surface area contributed by atoms with Crippen molar-refractivity contribution < 1.29 is 28.9 Å². The van der Waals surface area contributed by atoms with Crippen LogP contribution in [0.15, 0.2) is 36.4 Å². The molecule has 9 nitrogen and oxygen atoms in total. The topological polar surface area (TPSA) is 109 Å². The number of hydrogen-bond acceptors (Lipinski definition) is 6. The molecular formula is C29H35FN4O5. The molecule has 3 aromatic rings. The summed E-state index contributed by atoms with van der Waals surface area (Å²) in [6, 6.07) is 8.98. The van der Waals surface area contributed by atoms with Crippen molar-refractivity contribution in [3.8, 4) is 11.5 Å². The Hall–Kier alpha value is -3.63. The van der Waals surface area contributed by atoms with Crippen molar-refractivity contribution in [1.82, 2.24) is 19.7 Å². The number of H-pyrrole nitrogens is 1. The number of ether oxygens (including phenoxy) is 1. The lowest BCUT2D eigenvalue weighted by Gasteiger charge is -2.42. The third-order valence-electron chi connectivity index (χ3n) is 8.11. The Morgan fingerprint density at radius 3 is 2.72 bits per heavy atom. The Morgan fingerprint density at radius 2 is 2.03 bits per heavy atom. The first-order chi connectivity index (χ1) is 18.7. The maximum absolute atomic E-state index is 14.6. The molecule has 3 amide bonds. The number of aromatic nitrogens is 1. The highest BCUT2D eigenvalue weighted by molar-refractivity contribution is 6.08. The monoisotopic (exact) mass is 538 g/mol. The maximum Gasteiger partial charge on any atom is 0.328 e. The van der Waals surface area contributed by atoms with Gasteiger partial charge in [-0.2, -0.15) is 0 Å². The van der Waals surface area contributed by atoms with Crippen LogP contribution in [0, 0.1) is 5.82 Å². The molecule has 0 radical (unpaired) electrons. The van der Waals surface area contributed by atoms with Crippen LogP contribution in [0.25, 0.3) is 10.9 Å². The van der Waals surface area contributed by atoms with Gasteiger partial charge in [-0.1, -0.05) is 19.1 Å². The first kappa shape index (κ1) is 27.0. The van der Waals surface area contributed by atoms with Gasteiger partial charge in [0.05, 0.1) is 19.8 Å². The number of carbonyl (C=O) groups is 2. The molecule has 1 saturated heterocycles. The summed E-state index contributed by atoms with van der Waals surface area (Å²) in [5.41, 5.74) is 1.86. The minimum Gasteiger partial charge on any atom is -0.508 e. The van der Waals surface area contributed by atoms with E-state index in [1.165, 1.54) is 18.1 Å². The molecule has 0 saturated carbocycles. The van der Waals surface area contributed by atoms with Gasteiger partial charge in [0.1, 0.15) is 11.3 Å². The van der Waals surface area contributed by atoms with Crippen molar-refractivity contribution in [2.45, 2.75) is 44.7 Å². The Kier molecular flexibility index (Phi) is 7.26. The first-order valence-electron chi connectivity index (χ1n) is 13.4. The van der Waals surface area contributed by atoms with Crippen molar-refractivity contribution in [3.05, 3.63) is 59.0 Å². The number of hydrogen-bond donors (Lipinski definition) is 3. The molecule has 5 rings (SSSR count). The number of aromatic amines is 1. The van der Waals surface area contributed by atoms with Crippen molar-refractivity contribution in [2.24, 2.45) is 0 Å². The Bertz CT molecular complexity index is 1410.